The highest BCUT2D eigenvalue weighted by Gasteiger charge is 2.30. The second-order valence-electron chi connectivity index (χ2n) is 4.07. The van der Waals surface area contributed by atoms with Crippen LogP contribution in [0.1, 0.15) is 24.1 Å². The molecule has 0 aliphatic heterocycles. The molecule has 0 bridgehead atoms. The van der Waals surface area contributed by atoms with Crippen LogP contribution < -0.4 is 5.73 Å². The standard InChI is InChI=1S/C12H17F3N2/c1-9(17(2)8-7-16)10-3-5-11(6-4-10)12(13,14)15/h3-6,9H,7-8,16H2,1-2H3. The quantitative estimate of drug-likeness (QED) is 0.885. The van der Waals surface area contributed by atoms with Crippen LogP contribution in [-0.2, 0) is 6.18 Å². The Bertz CT molecular complexity index is 346. The van der Waals surface area contributed by atoms with Crippen LogP contribution in [0.2, 0.25) is 0 Å². The lowest BCUT2D eigenvalue weighted by molar-refractivity contribution is -0.137. The minimum absolute atomic E-state index is 0.0563. The molecule has 2 nitrogen and oxygen atoms in total. The van der Waals surface area contributed by atoms with Crippen LogP contribution in [0.5, 0.6) is 0 Å². The van der Waals surface area contributed by atoms with E-state index in [1.807, 2.05) is 18.9 Å². The molecule has 0 saturated carbocycles. The SMILES string of the molecule is CC(c1ccc(C(F)(F)F)cc1)N(C)CCN. The molecular weight excluding hydrogens is 229 g/mol. The van der Waals surface area contributed by atoms with Gasteiger partial charge >= 0.3 is 6.18 Å². The highest BCUT2D eigenvalue weighted by Crippen LogP contribution is 2.30. The Balaban J connectivity index is 2.80. The number of nitrogens with two attached hydrogens (primary N) is 1. The van der Waals surface area contributed by atoms with Crippen LogP contribution in [0.25, 0.3) is 0 Å². The normalized spacial score (nSPS) is 14.1. The highest BCUT2D eigenvalue weighted by atomic mass is 19.4. The molecular formula is C12H17F3N2. The van der Waals surface area contributed by atoms with Gasteiger partial charge in [0.25, 0.3) is 0 Å². The van der Waals surface area contributed by atoms with Crippen molar-refractivity contribution in [1.82, 2.24) is 4.90 Å². The van der Waals surface area contributed by atoms with Crippen molar-refractivity contribution >= 4 is 0 Å². The van der Waals surface area contributed by atoms with E-state index in [9.17, 15) is 13.2 Å². The minimum atomic E-state index is -4.27. The fourth-order valence-electron chi connectivity index (χ4n) is 1.60. The van der Waals surface area contributed by atoms with Gasteiger partial charge in [0.1, 0.15) is 0 Å². The molecule has 0 aliphatic rings. The van der Waals surface area contributed by atoms with Gasteiger partial charge in [0.2, 0.25) is 0 Å². The molecule has 0 heterocycles. The molecule has 1 aromatic carbocycles. The van der Waals surface area contributed by atoms with Crippen LogP contribution >= 0.6 is 0 Å². The summed E-state index contributed by atoms with van der Waals surface area (Å²) in [6.45, 7) is 3.18. The molecule has 0 saturated heterocycles. The summed E-state index contributed by atoms with van der Waals surface area (Å²) < 4.78 is 37.1. The molecule has 0 fully saturated rings. The first-order valence-electron chi connectivity index (χ1n) is 5.43. The number of alkyl halides is 3. The Morgan fingerprint density at radius 3 is 2.18 bits per heavy atom. The summed E-state index contributed by atoms with van der Waals surface area (Å²) in [6, 6.07) is 5.31. The fraction of sp³-hybridized carbons (Fsp3) is 0.500. The molecule has 1 unspecified atom stereocenters. The number of hydrogen-bond donors (Lipinski definition) is 1. The van der Waals surface area contributed by atoms with E-state index in [0.717, 1.165) is 17.7 Å². The Hall–Kier alpha value is -1.07. The Labute approximate surface area is 99.2 Å². The van der Waals surface area contributed by atoms with Crippen molar-refractivity contribution in [3.8, 4) is 0 Å². The predicted octanol–water partition coefficient (Wildman–Crippen LogP) is 2.66. The van der Waals surface area contributed by atoms with Gasteiger partial charge in [-0.2, -0.15) is 13.2 Å². The summed E-state index contributed by atoms with van der Waals surface area (Å²) in [5, 5.41) is 0. The first-order valence-corrected chi connectivity index (χ1v) is 5.43. The van der Waals surface area contributed by atoms with Crippen LogP contribution in [-0.4, -0.2) is 25.0 Å². The highest BCUT2D eigenvalue weighted by molar-refractivity contribution is 5.26. The Morgan fingerprint density at radius 2 is 1.76 bits per heavy atom. The molecule has 1 rings (SSSR count). The zero-order chi connectivity index (χ0) is 13.1. The molecule has 96 valence electrons. The monoisotopic (exact) mass is 246 g/mol. The lowest BCUT2D eigenvalue weighted by Crippen LogP contribution is -2.28. The maximum atomic E-state index is 12.4. The van der Waals surface area contributed by atoms with Crippen molar-refractivity contribution in [2.24, 2.45) is 5.73 Å². The van der Waals surface area contributed by atoms with Crippen molar-refractivity contribution in [3.05, 3.63) is 35.4 Å². The zero-order valence-corrected chi connectivity index (χ0v) is 9.96. The maximum Gasteiger partial charge on any atom is 0.416 e. The van der Waals surface area contributed by atoms with E-state index >= 15 is 0 Å². The summed E-state index contributed by atoms with van der Waals surface area (Å²) in [6.07, 6.45) is -4.27. The van der Waals surface area contributed by atoms with Gasteiger partial charge in [0, 0.05) is 19.1 Å². The van der Waals surface area contributed by atoms with E-state index in [2.05, 4.69) is 0 Å². The fourth-order valence-corrected chi connectivity index (χ4v) is 1.60. The molecule has 0 amide bonds. The van der Waals surface area contributed by atoms with Gasteiger partial charge in [-0.25, -0.2) is 0 Å². The first-order chi connectivity index (χ1) is 7.86. The predicted molar refractivity (Wildman–Crippen MR) is 61.5 cm³/mol. The Kier molecular flexibility index (Phi) is 4.54. The Morgan fingerprint density at radius 1 is 1.24 bits per heavy atom. The molecule has 17 heavy (non-hydrogen) atoms. The summed E-state index contributed by atoms with van der Waals surface area (Å²) in [7, 11) is 1.90. The number of rotatable bonds is 4. The van der Waals surface area contributed by atoms with E-state index in [1.165, 1.54) is 12.1 Å². The topological polar surface area (TPSA) is 29.3 Å². The molecule has 2 N–H and O–H groups in total. The van der Waals surface area contributed by atoms with Gasteiger partial charge in [0.15, 0.2) is 0 Å². The van der Waals surface area contributed by atoms with Gasteiger partial charge in [-0.1, -0.05) is 12.1 Å². The second-order valence-corrected chi connectivity index (χ2v) is 4.07. The smallest absolute Gasteiger partial charge is 0.329 e. The van der Waals surface area contributed by atoms with Crippen molar-refractivity contribution in [2.45, 2.75) is 19.1 Å². The van der Waals surface area contributed by atoms with Gasteiger partial charge in [-0.3, -0.25) is 4.90 Å². The lowest BCUT2D eigenvalue weighted by atomic mass is 10.0. The largest absolute Gasteiger partial charge is 0.416 e. The number of likely N-dealkylation sites (N-methyl/N-ethyl adjacent to an activating group) is 1. The number of benzene rings is 1. The molecule has 5 heteroatoms. The van der Waals surface area contributed by atoms with Crippen LogP contribution in [0.3, 0.4) is 0 Å². The zero-order valence-electron chi connectivity index (χ0n) is 9.96. The van der Waals surface area contributed by atoms with E-state index < -0.39 is 11.7 Å². The summed E-state index contributed by atoms with van der Waals surface area (Å²) >= 11 is 0. The van der Waals surface area contributed by atoms with Gasteiger partial charge in [-0.15, -0.1) is 0 Å². The summed E-state index contributed by atoms with van der Waals surface area (Å²) in [4.78, 5) is 2.00. The number of nitrogens with zero attached hydrogens (tertiary/aromatic N) is 1. The average Bonchev–Trinajstić information content (AvgIpc) is 2.27. The molecule has 1 atom stereocenters. The van der Waals surface area contributed by atoms with E-state index in [-0.39, 0.29) is 6.04 Å². The lowest BCUT2D eigenvalue weighted by Gasteiger charge is -2.24. The molecule has 0 spiro atoms. The number of hydrogen-bond acceptors (Lipinski definition) is 2. The summed E-state index contributed by atoms with van der Waals surface area (Å²) in [5.74, 6) is 0. The molecule has 0 aromatic heterocycles. The third-order valence-corrected chi connectivity index (χ3v) is 2.86. The van der Waals surface area contributed by atoms with E-state index in [1.54, 1.807) is 0 Å². The van der Waals surface area contributed by atoms with E-state index in [0.29, 0.717) is 13.1 Å². The van der Waals surface area contributed by atoms with Crippen LogP contribution in [0.4, 0.5) is 13.2 Å². The van der Waals surface area contributed by atoms with Gasteiger partial charge in [-0.05, 0) is 31.7 Å². The van der Waals surface area contributed by atoms with Crippen molar-refractivity contribution < 1.29 is 13.2 Å². The van der Waals surface area contributed by atoms with Gasteiger partial charge < -0.3 is 5.73 Å². The third kappa shape index (κ3) is 3.71. The average molecular weight is 246 g/mol. The molecule has 1 aromatic rings. The molecule has 0 aliphatic carbocycles. The molecule has 0 radical (unpaired) electrons. The minimum Gasteiger partial charge on any atom is -0.329 e. The third-order valence-electron chi connectivity index (χ3n) is 2.86. The van der Waals surface area contributed by atoms with E-state index in [4.69, 9.17) is 5.73 Å². The van der Waals surface area contributed by atoms with Crippen LogP contribution in [0, 0.1) is 0 Å². The first kappa shape index (κ1) is 14.0. The van der Waals surface area contributed by atoms with Crippen LogP contribution in [0.15, 0.2) is 24.3 Å². The van der Waals surface area contributed by atoms with Gasteiger partial charge in [0.05, 0.1) is 5.56 Å². The maximum absolute atomic E-state index is 12.4. The summed E-state index contributed by atoms with van der Waals surface area (Å²) in [5.41, 5.74) is 5.68. The van der Waals surface area contributed by atoms with Crippen molar-refractivity contribution in [1.29, 1.82) is 0 Å². The number of halogens is 3. The second kappa shape index (κ2) is 5.51. The van der Waals surface area contributed by atoms with Crippen molar-refractivity contribution in [3.63, 3.8) is 0 Å². The van der Waals surface area contributed by atoms with Crippen molar-refractivity contribution in [2.75, 3.05) is 20.1 Å².